The van der Waals surface area contributed by atoms with Crippen molar-refractivity contribution in [1.29, 1.82) is 0 Å². The molecule has 1 N–H and O–H groups in total. The van der Waals surface area contributed by atoms with Gasteiger partial charge in [0.2, 0.25) is 10.0 Å². The molecule has 1 aliphatic rings. The number of carboxylic acid groups (broad SMARTS) is 1. The van der Waals surface area contributed by atoms with E-state index >= 15 is 0 Å². The van der Waals surface area contributed by atoms with Gasteiger partial charge in [0.15, 0.2) is 0 Å². The minimum Gasteiger partial charge on any atom is -0.494 e. The van der Waals surface area contributed by atoms with Crippen molar-refractivity contribution in [2.24, 2.45) is 0 Å². The van der Waals surface area contributed by atoms with Crippen LogP contribution < -0.4 is 4.74 Å². The average molecular weight is 534 g/mol. The number of rotatable bonds is 7. The third-order valence-corrected chi connectivity index (χ3v) is 8.82. The molecule has 0 bridgehead atoms. The first-order valence-electron chi connectivity index (χ1n) is 12.8. The summed E-state index contributed by atoms with van der Waals surface area (Å²) in [5.74, 6) is -0.444. The molecule has 3 aromatic carbocycles. The van der Waals surface area contributed by atoms with Gasteiger partial charge in [-0.15, -0.1) is 0 Å². The van der Waals surface area contributed by atoms with Crippen molar-refractivity contribution in [3.63, 3.8) is 0 Å². The van der Waals surface area contributed by atoms with Crippen LogP contribution >= 0.6 is 0 Å². The fraction of sp³-hybridized carbons (Fsp3) is 0.323. The Hall–Kier alpha value is -3.42. The Morgan fingerprint density at radius 2 is 1.53 bits per heavy atom. The molecule has 4 rings (SSSR count). The van der Waals surface area contributed by atoms with E-state index in [2.05, 4.69) is 20.8 Å². The number of hydrogen-bond acceptors (Lipinski definition) is 4. The standard InChI is InChI=1S/C31H35NO5S/c1-6-37-25-15-11-22(12-16-25)28-20-19-27(30(33)34)29(23-9-13-24(14-10-23)31(3,4)5)32(28)38(35,36)26-17-7-21(2)8-18-26/h7-19,28-29H,6,20H2,1-5H3,(H,33,34)/t28-,29-/m0/s1. The molecule has 0 saturated carbocycles. The number of sulfonamides is 1. The number of ether oxygens (including phenoxy) is 1. The summed E-state index contributed by atoms with van der Waals surface area (Å²) in [4.78, 5) is 12.6. The van der Waals surface area contributed by atoms with Crippen molar-refractivity contribution in [2.75, 3.05) is 6.61 Å². The summed E-state index contributed by atoms with van der Waals surface area (Å²) in [5.41, 5.74) is 3.33. The summed E-state index contributed by atoms with van der Waals surface area (Å²) in [5, 5.41) is 10.2. The number of carbonyl (C=O) groups is 1. The zero-order chi connectivity index (χ0) is 27.7. The Labute approximate surface area is 225 Å². The number of aliphatic carboxylic acids is 1. The molecule has 0 saturated heterocycles. The van der Waals surface area contributed by atoms with Crippen molar-refractivity contribution < 1.29 is 23.1 Å². The predicted octanol–water partition coefficient (Wildman–Crippen LogP) is 6.58. The van der Waals surface area contributed by atoms with Gasteiger partial charge in [-0.25, -0.2) is 13.2 Å². The Morgan fingerprint density at radius 1 is 0.947 bits per heavy atom. The normalized spacial score (nSPS) is 18.6. The average Bonchev–Trinajstić information content (AvgIpc) is 2.88. The zero-order valence-corrected chi connectivity index (χ0v) is 23.3. The minimum atomic E-state index is -4.10. The monoisotopic (exact) mass is 533 g/mol. The van der Waals surface area contributed by atoms with Gasteiger partial charge >= 0.3 is 5.97 Å². The summed E-state index contributed by atoms with van der Waals surface area (Å²) >= 11 is 0. The maximum Gasteiger partial charge on any atom is 0.333 e. The molecule has 0 amide bonds. The van der Waals surface area contributed by atoms with E-state index in [0.717, 1.165) is 16.7 Å². The van der Waals surface area contributed by atoms with Crippen LogP contribution in [0.25, 0.3) is 0 Å². The molecule has 200 valence electrons. The lowest BCUT2D eigenvalue weighted by atomic mass is 9.84. The maximum absolute atomic E-state index is 14.3. The Balaban J connectivity index is 1.92. The van der Waals surface area contributed by atoms with Crippen LogP contribution in [-0.4, -0.2) is 30.4 Å². The van der Waals surface area contributed by atoms with E-state index in [1.54, 1.807) is 30.3 Å². The van der Waals surface area contributed by atoms with E-state index in [1.807, 2.05) is 62.4 Å². The van der Waals surface area contributed by atoms with Crippen LogP contribution in [0.2, 0.25) is 0 Å². The molecule has 1 aliphatic heterocycles. The highest BCUT2D eigenvalue weighted by atomic mass is 32.2. The van der Waals surface area contributed by atoms with E-state index < -0.39 is 28.1 Å². The topological polar surface area (TPSA) is 83.9 Å². The second-order valence-electron chi connectivity index (χ2n) is 10.6. The molecule has 0 radical (unpaired) electrons. The maximum atomic E-state index is 14.3. The molecular formula is C31H35NO5S. The molecule has 38 heavy (non-hydrogen) atoms. The molecule has 6 nitrogen and oxygen atoms in total. The predicted molar refractivity (Wildman–Crippen MR) is 149 cm³/mol. The lowest BCUT2D eigenvalue weighted by Gasteiger charge is -2.40. The second kappa shape index (κ2) is 10.8. The van der Waals surface area contributed by atoms with Gasteiger partial charge in [0, 0.05) is 0 Å². The van der Waals surface area contributed by atoms with Crippen molar-refractivity contribution in [3.05, 3.63) is 107 Å². The minimum absolute atomic E-state index is 0.0476. The summed E-state index contributed by atoms with van der Waals surface area (Å²) in [7, 11) is -4.10. The van der Waals surface area contributed by atoms with Crippen molar-refractivity contribution in [2.45, 2.75) is 63.4 Å². The first-order chi connectivity index (χ1) is 17.9. The Kier molecular flexibility index (Phi) is 7.81. The number of benzene rings is 3. The van der Waals surface area contributed by atoms with Gasteiger partial charge in [-0.1, -0.05) is 80.9 Å². The number of carboxylic acids is 1. The summed E-state index contributed by atoms with van der Waals surface area (Å²) < 4.78 is 35.6. The third-order valence-electron chi connectivity index (χ3n) is 6.93. The van der Waals surface area contributed by atoms with Crippen LogP contribution in [0.4, 0.5) is 0 Å². The van der Waals surface area contributed by atoms with E-state index in [9.17, 15) is 18.3 Å². The van der Waals surface area contributed by atoms with Gasteiger partial charge in [-0.2, -0.15) is 4.31 Å². The lowest BCUT2D eigenvalue weighted by molar-refractivity contribution is -0.133. The summed E-state index contributed by atoms with van der Waals surface area (Å²) in [6, 6.07) is 20.0. The molecule has 1 heterocycles. The number of aryl methyl sites for hydroxylation is 1. The van der Waals surface area contributed by atoms with Crippen molar-refractivity contribution in [3.8, 4) is 5.75 Å². The molecular weight excluding hydrogens is 498 g/mol. The van der Waals surface area contributed by atoms with Crippen LogP contribution in [-0.2, 0) is 20.2 Å². The molecule has 0 unspecified atom stereocenters. The first-order valence-corrected chi connectivity index (χ1v) is 14.2. The molecule has 0 spiro atoms. The van der Waals surface area contributed by atoms with Crippen LogP contribution in [0.3, 0.4) is 0 Å². The molecule has 2 atom stereocenters. The van der Waals surface area contributed by atoms with Gasteiger partial charge in [-0.3, -0.25) is 0 Å². The Morgan fingerprint density at radius 3 is 2.05 bits per heavy atom. The SMILES string of the molecule is CCOc1ccc([C@@H]2CC=C(C(=O)O)[C@H](c3ccc(C(C)(C)C)cc3)N2S(=O)(=O)c2ccc(C)cc2)cc1. The second-order valence-corrected chi connectivity index (χ2v) is 12.5. The largest absolute Gasteiger partial charge is 0.494 e. The van der Waals surface area contributed by atoms with Crippen LogP contribution in [0.1, 0.15) is 68.5 Å². The molecule has 0 aromatic heterocycles. The highest BCUT2D eigenvalue weighted by Gasteiger charge is 2.44. The van der Waals surface area contributed by atoms with Gasteiger partial charge in [0.25, 0.3) is 0 Å². The van der Waals surface area contributed by atoms with Crippen molar-refractivity contribution >= 4 is 16.0 Å². The van der Waals surface area contributed by atoms with E-state index in [0.29, 0.717) is 17.9 Å². The van der Waals surface area contributed by atoms with Gasteiger partial charge in [0.1, 0.15) is 5.75 Å². The fourth-order valence-electron chi connectivity index (χ4n) is 4.84. The van der Waals surface area contributed by atoms with Crippen molar-refractivity contribution in [1.82, 2.24) is 4.31 Å². The molecule has 0 fully saturated rings. The molecule has 0 aliphatic carbocycles. The van der Waals surface area contributed by atoms with Crippen LogP contribution in [0, 0.1) is 6.92 Å². The third kappa shape index (κ3) is 5.54. The number of hydrogen-bond donors (Lipinski definition) is 1. The summed E-state index contributed by atoms with van der Waals surface area (Å²) in [6.45, 7) is 10.6. The smallest absolute Gasteiger partial charge is 0.333 e. The highest BCUT2D eigenvalue weighted by Crippen LogP contribution is 2.46. The Bertz CT molecular complexity index is 1420. The van der Waals surface area contributed by atoms with E-state index in [-0.39, 0.29) is 22.3 Å². The van der Waals surface area contributed by atoms with E-state index in [4.69, 9.17) is 4.74 Å². The van der Waals surface area contributed by atoms with Gasteiger partial charge < -0.3 is 9.84 Å². The zero-order valence-electron chi connectivity index (χ0n) is 22.5. The van der Waals surface area contributed by atoms with Gasteiger partial charge in [0.05, 0.1) is 29.2 Å². The van der Waals surface area contributed by atoms with Crippen LogP contribution in [0.5, 0.6) is 5.75 Å². The molecule has 3 aromatic rings. The summed E-state index contributed by atoms with van der Waals surface area (Å²) in [6.07, 6.45) is 1.89. The van der Waals surface area contributed by atoms with Crippen LogP contribution in [0.15, 0.2) is 89.3 Å². The van der Waals surface area contributed by atoms with E-state index in [1.165, 1.54) is 4.31 Å². The number of nitrogens with zero attached hydrogens (tertiary/aromatic N) is 1. The highest BCUT2D eigenvalue weighted by molar-refractivity contribution is 7.89. The quantitative estimate of drug-likeness (QED) is 0.371. The molecule has 7 heteroatoms. The first kappa shape index (κ1) is 27.6. The fourth-order valence-corrected chi connectivity index (χ4v) is 6.62. The van der Waals surface area contributed by atoms with Gasteiger partial charge in [-0.05, 0) is 66.6 Å². The lowest BCUT2D eigenvalue weighted by Crippen LogP contribution is -2.42.